The van der Waals surface area contributed by atoms with Crippen molar-refractivity contribution in [2.75, 3.05) is 23.0 Å². The van der Waals surface area contributed by atoms with E-state index < -0.39 is 0 Å². The van der Waals surface area contributed by atoms with Gasteiger partial charge < -0.3 is 0 Å². The summed E-state index contributed by atoms with van der Waals surface area (Å²) in [4.78, 5) is 0. The van der Waals surface area contributed by atoms with E-state index >= 15 is 0 Å². The summed E-state index contributed by atoms with van der Waals surface area (Å²) >= 11 is 8.77. The number of rotatable bonds is 16. The quantitative estimate of drug-likeness (QED) is 0.0947. The molecule has 4 aliphatic carbocycles. The Morgan fingerprint density at radius 1 is 0.262 bits per heavy atom. The highest BCUT2D eigenvalue weighted by molar-refractivity contribution is 8.01. The van der Waals surface area contributed by atoms with E-state index in [2.05, 4.69) is 217 Å². The van der Waals surface area contributed by atoms with Crippen molar-refractivity contribution in [3.8, 4) is 44.5 Å². The molecule has 0 amide bonds. The molecule has 4 heteroatoms. The molecule has 8 aromatic rings. The van der Waals surface area contributed by atoms with Gasteiger partial charge in [0.15, 0.2) is 0 Å². The van der Waals surface area contributed by atoms with E-state index in [1.165, 1.54) is 89.0 Å². The van der Waals surface area contributed by atoms with Crippen LogP contribution in [0.25, 0.3) is 44.5 Å². The van der Waals surface area contributed by atoms with Gasteiger partial charge in [0.25, 0.3) is 0 Å². The summed E-state index contributed by atoms with van der Waals surface area (Å²) < 4.78 is 0. The second-order valence-electron chi connectivity index (χ2n) is 18.6. The normalized spacial score (nSPS) is 13.4. The van der Waals surface area contributed by atoms with Crippen LogP contribution in [0.3, 0.4) is 0 Å². The number of hydrogen-bond donors (Lipinski definition) is 0. The lowest BCUT2D eigenvalue weighted by atomic mass is 9.99. The van der Waals surface area contributed by atoms with Gasteiger partial charge in [0.1, 0.15) is 0 Å². The molecular weight excluding hydrogens is 861 g/mol. The maximum absolute atomic E-state index is 2.41. The third-order valence-corrected chi connectivity index (χ3v) is 19.8. The van der Waals surface area contributed by atoms with Crippen LogP contribution < -0.4 is 0 Å². The molecule has 0 spiro atoms. The van der Waals surface area contributed by atoms with Crippen molar-refractivity contribution in [1.82, 2.24) is 0 Å². The topological polar surface area (TPSA) is 0 Å². The van der Waals surface area contributed by atoms with Crippen molar-refractivity contribution in [3.63, 3.8) is 0 Å². The van der Waals surface area contributed by atoms with E-state index in [9.17, 15) is 0 Å². The van der Waals surface area contributed by atoms with E-state index in [1.807, 2.05) is 0 Å². The van der Waals surface area contributed by atoms with Gasteiger partial charge in [0.05, 0.1) is 0 Å². The summed E-state index contributed by atoms with van der Waals surface area (Å²) in [6.45, 7) is 0. The zero-order valence-electron chi connectivity index (χ0n) is 36.8. The molecule has 0 radical (unpaired) electrons. The Kier molecular flexibility index (Phi) is 11.6. The average molecular weight is 913 g/mol. The van der Waals surface area contributed by atoms with Gasteiger partial charge in [-0.3, -0.25) is 0 Å². The summed E-state index contributed by atoms with van der Waals surface area (Å²) in [7, 11) is 0. The van der Waals surface area contributed by atoms with Crippen molar-refractivity contribution in [3.05, 3.63) is 237 Å². The van der Waals surface area contributed by atoms with Gasteiger partial charge in [-0.25, -0.2) is 0 Å². The highest BCUT2D eigenvalue weighted by Crippen LogP contribution is 2.46. The minimum atomic E-state index is 0.133. The molecule has 0 atom stereocenters. The summed E-state index contributed by atoms with van der Waals surface area (Å²) in [6.07, 6.45) is 4.21. The molecule has 65 heavy (non-hydrogen) atoms. The number of benzene rings is 8. The molecule has 8 aromatic carbocycles. The maximum Gasteiger partial charge on any atom is 0.0187 e. The molecule has 0 N–H and O–H groups in total. The van der Waals surface area contributed by atoms with Crippen molar-refractivity contribution in [2.24, 2.45) is 5.41 Å². The minimum absolute atomic E-state index is 0.133. The first kappa shape index (κ1) is 41.6. The third kappa shape index (κ3) is 8.03. The van der Waals surface area contributed by atoms with Crippen LogP contribution in [0.4, 0.5) is 0 Å². The fraction of sp³-hybridized carbons (Fsp3) is 0.213. The fourth-order valence-electron chi connectivity index (χ4n) is 11.2. The van der Waals surface area contributed by atoms with Crippen molar-refractivity contribution in [2.45, 2.75) is 48.7 Å². The van der Waals surface area contributed by atoms with Crippen molar-refractivity contribution < 1.29 is 0 Å². The maximum atomic E-state index is 2.41. The molecule has 0 aliphatic heterocycles. The van der Waals surface area contributed by atoms with Crippen LogP contribution in [-0.2, 0) is 48.7 Å². The zero-order chi connectivity index (χ0) is 43.2. The van der Waals surface area contributed by atoms with E-state index in [0.29, 0.717) is 0 Å². The van der Waals surface area contributed by atoms with Gasteiger partial charge in [-0.2, -0.15) is 47.0 Å². The molecule has 0 nitrogen and oxygen atoms in total. The summed E-state index contributed by atoms with van der Waals surface area (Å²) in [6, 6.07) is 64.4. The van der Waals surface area contributed by atoms with E-state index in [4.69, 9.17) is 0 Å². The second kappa shape index (κ2) is 18.1. The number of hydrogen-bond acceptors (Lipinski definition) is 4. The molecule has 0 unspecified atom stereocenters. The highest BCUT2D eigenvalue weighted by Gasteiger charge is 2.33. The first-order chi connectivity index (χ1) is 32.2. The summed E-state index contributed by atoms with van der Waals surface area (Å²) in [5.41, 5.74) is 29.7. The van der Waals surface area contributed by atoms with Crippen LogP contribution in [0, 0.1) is 5.41 Å². The van der Waals surface area contributed by atoms with Crippen LogP contribution >= 0.6 is 47.0 Å². The van der Waals surface area contributed by atoms with E-state index in [1.54, 1.807) is 22.3 Å². The lowest BCUT2D eigenvalue weighted by Gasteiger charge is -2.34. The largest absolute Gasteiger partial charge is 0.157 e. The first-order valence-corrected chi connectivity index (χ1v) is 27.9. The third-order valence-electron chi connectivity index (χ3n) is 14.5. The Balaban J connectivity index is 0.837. The van der Waals surface area contributed by atoms with Gasteiger partial charge >= 0.3 is 0 Å². The van der Waals surface area contributed by atoms with Gasteiger partial charge in [0, 0.05) is 51.4 Å². The number of thioether (sulfide) groups is 4. The van der Waals surface area contributed by atoms with E-state index in [-0.39, 0.29) is 5.41 Å². The molecular formula is C61H52S4. The standard InChI is InChI=1S/C61H52S4/c1-5-21-49-41(13-1)29-57-45(17-9-25-53(49)57)33-62-37-61(38-63-34-46-18-10-26-54-50-22-6-2-14-42(50)30-58(46)54,39-64-35-47-19-11-27-55-51-23-7-3-15-43(51)31-59(47)55)40-65-36-48-20-12-28-56-52-24-8-4-16-44(52)32-60(48)56/h1-28H,29-40H2. The monoisotopic (exact) mass is 912 g/mol. The van der Waals surface area contributed by atoms with Gasteiger partial charge in [-0.1, -0.05) is 170 Å². The molecule has 12 rings (SSSR count). The molecule has 4 aliphatic rings. The smallest absolute Gasteiger partial charge is 0.0187 e. The molecule has 0 fully saturated rings. The predicted octanol–water partition coefficient (Wildman–Crippen LogP) is 16.0. The van der Waals surface area contributed by atoms with Crippen LogP contribution in [0.1, 0.15) is 66.8 Å². The van der Waals surface area contributed by atoms with Crippen LogP contribution in [-0.4, -0.2) is 23.0 Å². The minimum Gasteiger partial charge on any atom is -0.157 e. The Hall–Kier alpha value is -4.84. The Bertz CT molecular complexity index is 2670. The molecule has 0 aromatic heterocycles. The van der Waals surface area contributed by atoms with Gasteiger partial charge in [0.2, 0.25) is 0 Å². The lowest BCUT2D eigenvalue weighted by molar-refractivity contribution is 0.515. The van der Waals surface area contributed by atoms with Gasteiger partial charge in [-0.15, -0.1) is 0 Å². The molecule has 0 saturated heterocycles. The molecule has 0 bridgehead atoms. The lowest BCUT2D eigenvalue weighted by Crippen LogP contribution is -2.33. The van der Waals surface area contributed by atoms with Crippen molar-refractivity contribution in [1.29, 1.82) is 0 Å². The van der Waals surface area contributed by atoms with Crippen LogP contribution in [0.15, 0.2) is 170 Å². The average Bonchev–Trinajstić information content (AvgIpc) is 4.13. The van der Waals surface area contributed by atoms with Gasteiger partial charge in [-0.05, 0) is 137 Å². The fourth-order valence-corrected chi connectivity index (χ4v) is 17.3. The Morgan fingerprint density at radius 3 is 0.754 bits per heavy atom. The second-order valence-corrected chi connectivity index (χ2v) is 22.5. The molecule has 320 valence electrons. The SMILES string of the molecule is c1ccc2c(c1)Cc1c(CSCC(CSCc3cccc4c3Cc3ccccc3-4)(CSCc3cccc4c3Cc3ccccc3-4)CSCc3cccc4c3Cc3ccccc3-4)cccc1-2. The molecule has 0 saturated carbocycles. The molecule has 0 heterocycles. The van der Waals surface area contributed by atoms with E-state index in [0.717, 1.165) is 71.7 Å². The van der Waals surface area contributed by atoms with Crippen molar-refractivity contribution >= 4 is 47.0 Å². The summed E-state index contributed by atoms with van der Waals surface area (Å²) in [5.74, 6) is 8.79. The highest BCUT2D eigenvalue weighted by atomic mass is 32.2. The summed E-state index contributed by atoms with van der Waals surface area (Å²) in [5, 5.41) is 0. The van der Waals surface area contributed by atoms with Crippen LogP contribution in [0.5, 0.6) is 0 Å². The Labute approximate surface area is 402 Å². The number of fused-ring (bicyclic) bond motifs is 12. The zero-order valence-corrected chi connectivity index (χ0v) is 40.1. The van der Waals surface area contributed by atoms with Crippen LogP contribution in [0.2, 0.25) is 0 Å². The Morgan fingerprint density at radius 2 is 0.492 bits per heavy atom. The predicted molar refractivity (Wildman–Crippen MR) is 286 cm³/mol. The first-order valence-electron chi connectivity index (χ1n) is 23.3.